The van der Waals surface area contributed by atoms with Crippen molar-refractivity contribution in [3.8, 4) is 0 Å². The Morgan fingerprint density at radius 1 is 1.47 bits per heavy atom. The lowest BCUT2D eigenvalue weighted by Crippen LogP contribution is -2.19. The Morgan fingerprint density at radius 2 is 2.37 bits per heavy atom. The third-order valence-electron chi connectivity index (χ3n) is 2.54. The monoisotopic (exact) mass is 281 g/mol. The van der Waals surface area contributed by atoms with Crippen molar-refractivity contribution in [3.05, 3.63) is 42.0 Å². The van der Waals surface area contributed by atoms with Crippen LogP contribution in [0.5, 0.6) is 0 Å². The average molecular weight is 281 g/mol. The van der Waals surface area contributed by atoms with E-state index < -0.39 is 0 Å². The van der Waals surface area contributed by atoms with E-state index in [0.717, 1.165) is 10.1 Å². The Morgan fingerprint density at radius 3 is 3.11 bits per heavy atom. The van der Waals surface area contributed by atoms with Crippen LogP contribution >= 0.6 is 11.8 Å². The van der Waals surface area contributed by atoms with E-state index in [9.17, 15) is 4.39 Å². The maximum absolute atomic E-state index is 13.9. The fourth-order valence-corrected chi connectivity index (χ4v) is 2.49. The predicted octanol–water partition coefficient (Wildman–Crippen LogP) is 2.44. The minimum Gasteiger partial charge on any atom is -0.383 e. The highest BCUT2D eigenvalue weighted by molar-refractivity contribution is 7.99. The first kappa shape index (κ1) is 14.0. The predicted molar refractivity (Wildman–Crippen MR) is 72.7 cm³/mol. The van der Waals surface area contributed by atoms with E-state index in [4.69, 9.17) is 4.74 Å². The number of ether oxygens (including phenoxy) is 1. The molecule has 0 saturated carbocycles. The quantitative estimate of drug-likeness (QED) is 0.765. The van der Waals surface area contributed by atoms with Crippen LogP contribution in [-0.2, 0) is 11.3 Å². The lowest BCUT2D eigenvalue weighted by atomic mass is 10.2. The second kappa shape index (κ2) is 7.28. The van der Waals surface area contributed by atoms with Crippen LogP contribution in [0.15, 0.2) is 40.6 Å². The summed E-state index contributed by atoms with van der Waals surface area (Å²) in [6.45, 7) is 1.77. The number of benzene rings is 1. The molecule has 0 unspecified atom stereocenters. The van der Waals surface area contributed by atoms with Gasteiger partial charge in [0.05, 0.1) is 6.61 Å². The highest BCUT2D eigenvalue weighted by atomic mass is 32.2. The SMILES string of the molecule is COCCNCc1c(F)cccc1Sc1ncc[nH]1. The molecule has 1 heterocycles. The van der Waals surface area contributed by atoms with Gasteiger partial charge in [0, 0.05) is 43.1 Å². The summed E-state index contributed by atoms with van der Waals surface area (Å²) < 4.78 is 18.8. The second-order valence-electron chi connectivity index (χ2n) is 3.88. The van der Waals surface area contributed by atoms with Crippen LogP contribution in [0, 0.1) is 5.82 Å². The fourth-order valence-electron chi connectivity index (χ4n) is 1.60. The van der Waals surface area contributed by atoms with Gasteiger partial charge in [-0.05, 0) is 12.1 Å². The molecule has 102 valence electrons. The maximum Gasteiger partial charge on any atom is 0.170 e. The summed E-state index contributed by atoms with van der Waals surface area (Å²) in [5.41, 5.74) is 0.653. The van der Waals surface area contributed by atoms with Gasteiger partial charge in [-0.1, -0.05) is 17.8 Å². The van der Waals surface area contributed by atoms with Gasteiger partial charge in [-0.15, -0.1) is 0 Å². The maximum atomic E-state index is 13.9. The van der Waals surface area contributed by atoms with Crippen LogP contribution in [0.1, 0.15) is 5.56 Å². The molecular weight excluding hydrogens is 265 g/mol. The lowest BCUT2D eigenvalue weighted by molar-refractivity contribution is 0.199. The largest absolute Gasteiger partial charge is 0.383 e. The Hall–Kier alpha value is -1.37. The molecule has 0 spiro atoms. The van der Waals surface area contributed by atoms with Crippen molar-refractivity contribution in [3.63, 3.8) is 0 Å². The van der Waals surface area contributed by atoms with Gasteiger partial charge >= 0.3 is 0 Å². The molecule has 1 aromatic carbocycles. The molecule has 2 rings (SSSR count). The zero-order valence-corrected chi connectivity index (χ0v) is 11.5. The third-order valence-corrected chi connectivity index (χ3v) is 3.56. The molecule has 2 aromatic rings. The number of nitrogens with zero attached hydrogens (tertiary/aromatic N) is 1. The Bertz CT molecular complexity index is 505. The standard InChI is InChI=1S/C13H16FN3OS/c1-18-8-7-15-9-10-11(14)3-2-4-12(10)19-13-16-5-6-17-13/h2-6,15H,7-9H2,1H3,(H,16,17). The molecule has 6 heteroatoms. The highest BCUT2D eigenvalue weighted by Crippen LogP contribution is 2.29. The van der Waals surface area contributed by atoms with Gasteiger partial charge < -0.3 is 15.0 Å². The number of nitrogens with one attached hydrogen (secondary N) is 2. The summed E-state index contributed by atoms with van der Waals surface area (Å²) in [6.07, 6.45) is 3.43. The molecule has 1 aromatic heterocycles. The fraction of sp³-hybridized carbons (Fsp3) is 0.308. The summed E-state index contributed by atoms with van der Waals surface area (Å²) in [5, 5.41) is 3.91. The van der Waals surface area contributed by atoms with E-state index in [1.54, 1.807) is 25.6 Å². The highest BCUT2D eigenvalue weighted by Gasteiger charge is 2.10. The topological polar surface area (TPSA) is 49.9 Å². The first-order chi connectivity index (χ1) is 9.31. The summed E-state index contributed by atoms with van der Waals surface area (Å²) >= 11 is 1.42. The molecule has 4 nitrogen and oxygen atoms in total. The molecule has 0 radical (unpaired) electrons. The minimum atomic E-state index is -0.207. The zero-order chi connectivity index (χ0) is 13.5. The summed E-state index contributed by atoms with van der Waals surface area (Å²) in [6, 6.07) is 5.07. The van der Waals surface area contributed by atoms with Crippen LogP contribution < -0.4 is 5.32 Å². The van der Waals surface area contributed by atoms with Crippen molar-refractivity contribution >= 4 is 11.8 Å². The number of hydrogen-bond acceptors (Lipinski definition) is 4. The molecule has 0 atom stereocenters. The van der Waals surface area contributed by atoms with Gasteiger partial charge in [0.15, 0.2) is 5.16 Å². The lowest BCUT2D eigenvalue weighted by Gasteiger charge is -2.10. The molecular formula is C13H16FN3OS. The van der Waals surface area contributed by atoms with Gasteiger partial charge in [0.2, 0.25) is 0 Å². The van der Waals surface area contributed by atoms with Crippen molar-refractivity contribution in [1.29, 1.82) is 0 Å². The van der Waals surface area contributed by atoms with Crippen molar-refractivity contribution < 1.29 is 9.13 Å². The van der Waals surface area contributed by atoms with Crippen LogP contribution in [-0.4, -0.2) is 30.2 Å². The number of H-pyrrole nitrogens is 1. The number of halogens is 1. The zero-order valence-electron chi connectivity index (χ0n) is 10.6. The molecule has 0 saturated heterocycles. The molecule has 0 fully saturated rings. The Labute approximate surface area is 115 Å². The average Bonchev–Trinajstić information content (AvgIpc) is 2.90. The van der Waals surface area contributed by atoms with Gasteiger partial charge in [-0.3, -0.25) is 0 Å². The Kier molecular flexibility index (Phi) is 5.38. The molecule has 0 bridgehead atoms. The summed E-state index contributed by atoms with van der Waals surface area (Å²) in [7, 11) is 1.64. The molecule has 0 aliphatic carbocycles. The van der Waals surface area contributed by atoms with E-state index >= 15 is 0 Å². The van der Waals surface area contributed by atoms with E-state index in [1.807, 2.05) is 6.07 Å². The smallest absolute Gasteiger partial charge is 0.170 e. The number of aromatic nitrogens is 2. The van der Waals surface area contributed by atoms with Gasteiger partial charge in [0.25, 0.3) is 0 Å². The molecule has 0 aliphatic rings. The van der Waals surface area contributed by atoms with Crippen LogP contribution in [0.2, 0.25) is 0 Å². The summed E-state index contributed by atoms with van der Waals surface area (Å²) in [5.74, 6) is -0.207. The van der Waals surface area contributed by atoms with Gasteiger partial charge in [-0.2, -0.15) is 0 Å². The number of methoxy groups -OCH3 is 1. The number of aromatic amines is 1. The van der Waals surface area contributed by atoms with Crippen LogP contribution in [0.3, 0.4) is 0 Å². The Balaban J connectivity index is 2.07. The first-order valence-corrected chi connectivity index (χ1v) is 6.77. The third kappa shape index (κ3) is 4.05. The molecule has 0 aliphatic heterocycles. The van der Waals surface area contributed by atoms with Crippen molar-refractivity contribution in [2.75, 3.05) is 20.3 Å². The van der Waals surface area contributed by atoms with E-state index in [1.165, 1.54) is 17.8 Å². The van der Waals surface area contributed by atoms with E-state index in [-0.39, 0.29) is 5.82 Å². The first-order valence-electron chi connectivity index (χ1n) is 5.95. The number of hydrogen-bond donors (Lipinski definition) is 2. The molecule has 2 N–H and O–H groups in total. The van der Waals surface area contributed by atoms with Crippen molar-refractivity contribution in [2.45, 2.75) is 16.6 Å². The molecule has 19 heavy (non-hydrogen) atoms. The van der Waals surface area contributed by atoms with Crippen LogP contribution in [0.4, 0.5) is 4.39 Å². The normalized spacial score (nSPS) is 10.8. The number of imidazole rings is 1. The van der Waals surface area contributed by atoms with E-state index in [0.29, 0.717) is 25.3 Å². The summed E-state index contributed by atoms with van der Waals surface area (Å²) in [4.78, 5) is 8.00. The second-order valence-corrected chi connectivity index (χ2v) is 4.91. The number of rotatable bonds is 7. The van der Waals surface area contributed by atoms with E-state index in [2.05, 4.69) is 15.3 Å². The van der Waals surface area contributed by atoms with Crippen molar-refractivity contribution in [2.24, 2.45) is 0 Å². The van der Waals surface area contributed by atoms with Crippen molar-refractivity contribution in [1.82, 2.24) is 15.3 Å². The van der Waals surface area contributed by atoms with Gasteiger partial charge in [-0.25, -0.2) is 9.37 Å². The minimum absolute atomic E-state index is 0.207. The van der Waals surface area contributed by atoms with Crippen LogP contribution in [0.25, 0.3) is 0 Å². The van der Waals surface area contributed by atoms with Gasteiger partial charge in [0.1, 0.15) is 5.82 Å². The molecule has 0 amide bonds.